The molecule has 1 aromatic carbocycles. The number of phenols is 1. The number of hydrogen-bond acceptors (Lipinski definition) is 5. The van der Waals surface area contributed by atoms with Crippen molar-refractivity contribution >= 4 is 17.1 Å². The second-order valence-electron chi connectivity index (χ2n) is 4.60. The molecule has 3 rings (SSSR count). The summed E-state index contributed by atoms with van der Waals surface area (Å²) in [6.07, 6.45) is 2.23. The maximum atomic E-state index is 12.2. The number of carbonyl (C=O) groups excluding carboxylic acids is 1. The van der Waals surface area contributed by atoms with Gasteiger partial charge in [-0.25, -0.2) is 4.98 Å². The van der Waals surface area contributed by atoms with Crippen molar-refractivity contribution in [2.75, 3.05) is 6.54 Å². The molecular formula is C14H14N2O2S. The Labute approximate surface area is 115 Å². The Kier molecular flexibility index (Phi) is 3.31. The Bertz CT molecular complexity index is 603. The van der Waals surface area contributed by atoms with Gasteiger partial charge in [0.2, 0.25) is 5.78 Å². The van der Waals surface area contributed by atoms with Crippen molar-refractivity contribution in [2.45, 2.75) is 18.9 Å². The number of nitrogens with one attached hydrogen (secondary N) is 1. The fourth-order valence-electron chi connectivity index (χ4n) is 2.24. The third-order valence-electron chi connectivity index (χ3n) is 3.22. The smallest absolute Gasteiger partial charge is 0.212 e. The lowest BCUT2D eigenvalue weighted by atomic mass is 10.1. The summed E-state index contributed by atoms with van der Waals surface area (Å²) < 4.78 is 0. The number of aromatic hydroxyl groups is 1. The first kappa shape index (κ1) is 12.3. The predicted molar refractivity (Wildman–Crippen MR) is 73.6 cm³/mol. The number of ketones is 1. The second kappa shape index (κ2) is 5.11. The monoisotopic (exact) mass is 274 g/mol. The van der Waals surface area contributed by atoms with Crippen LogP contribution in [0.25, 0.3) is 0 Å². The van der Waals surface area contributed by atoms with Crippen LogP contribution in [0.3, 0.4) is 0 Å². The van der Waals surface area contributed by atoms with Crippen molar-refractivity contribution in [3.63, 3.8) is 0 Å². The third kappa shape index (κ3) is 2.52. The van der Waals surface area contributed by atoms with Crippen LogP contribution in [-0.4, -0.2) is 22.4 Å². The normalized spacial score (nSPS) is 18.6. The van der Waals surface area contributed by atoms with Gasteiger partial charge in [-0.15, -0.1) is 11.3 Å². The fraction of sp³-hybridized carbons (Fsp3) is 0.286. The molecule has 2 aromatic rings. The van der Waals surface area contributed by atoms with Gasteiger partial charge >= 0.3 is 0 Å². The average molecular weight is 274 g/mol. The Morgan fingerprint density at radius 1 is 1.47 bits per heavy atom. The van der Waals surface area contributed by atoms with Gasteiger partial charge < -0.3 is 10.4 Å². The van der Waals surface area contributed by atoms with Crippen molar-refractivity contribution in [3.05, 3.63) is 45.9 Å². The van der Waals surface area contributed by atoms with Gasteiger partial charge in [0.25, 0.3) is 0 Å². The zero-order valence-electron chi connectivity index (χ0n) is 10.3. The van der Waals surface area contributed by atoms with Crippen LogP contribution in [0, 0.1) is 0 Å². The largest absolute Gasteiger partial charge is 0.508 e. The van der Waals surface area contributed by atoms with Gasteiger partial charge in [0.05, 0.1) is 6.04 Å². The van der Waals surface area contributed by atoms with E-state index in [0.29, 0.717) is 11.3 Å². The van der Waals surface area contributed by atoms with Crippen LogP contribution in [-0.2, 0) is 0 Å². The summed E-state index contributed by atoms with van der Waals surface area (Å²) >= 11 is 1.52. The molecule has 0 bridgehead atoms. The first-order valence-corrected chi connectivity index (χ1v) is 7.14. The molecule has 1 saturated heterocycles. The minimum Gasteiger partial charge on any atom is -0.508 e. The van der Waals surface area contributed by atoms with E-state index in [1.807, 2.05) is 0 Å². The minimum atomic E-state index is -0.142. The van der Waals surface area contributed by atoms with Crippen molar-refractivity contribution in [3.8, 4) is 5.75 Å². The van der Waals surface area contributed by atoms with Gasteiger partial charge in [0, 0.05) is 10.9 Å². The molecular weight excluding hydrogens is 260 g/mol. The molecule has 1 fully saturated rings. The maximum absolute atomic E-state index is 12.2. The van der Waals surface area contributed by atoms with Crippen LogP contribution >= 0.6 is 11.3 Å². The SMILES string of the molecule is O=C(c1cccc(O)c1)c1csc([C@@H]2CCCN2)n1. The Morgan fingerprint density at radius 2 is 2.37 bits per heavy atom. The van der Waals surface area contributed by atoms with Crippen molar-refractivity contribution in [1.82, 2.24) is 10.3 Å². The maximum Gasteiger partial charge on any atom is 0.212 e. The van der Waals surface area contributed by atoms with Crippen LogP contribution in [0.4, 0.5) is 0 Å². The molecule has 2 heterocycles. The summed E-state index contributed by atoms with van der Waals surface area (Å²) in [6.45, 7) is 1.01. The van der Waals surface area contributed by atoms with E-state index >= 15 is 0 Å². The van der Waals surface area contributed by atoms with Crippen molar-refractivity contribution in [1.29, 1.82) is 0 Å². The number of thiazole rings is 1. The number of rotatable bonds is 3. The van der Waals surface area contributed by atoms with E-state index in [9.17, 15) is 9.90 Å². The van der Waals surface area contributed by atoms with E-state index in [4.69, 9.17) is 0 Å². The van der Waals surface area contributed by atoms with Crippen molar-refractivity contribution < 1.29 is 9.90 Å². The van der Waals surface area contributed by atoms with Crippen LogP contribution in [0.2, 0.25) is 0 Å². The van der Waals surface area contributed by atoms with Crippen LogP contribution in [0.1, 0.15) is 39.9 Å². The molecule has 1 aromatic heterocycles. The molecule has 0 unspecified atom stereocenters. The number of aromatic nitrogens is 1. The lowest BCUT2D eigenvalue weighted by Crippen LogP contribution is -2.13. The number of benzene rings is 1. The number of nitrogens with zero attached hydrogens (tertiary/aromatic N) is 1. The highest BCUT2D eigenvalue weighted by Crippen LogP contribution is 2.26. The molecule has 1 aliphatic heterocycles. The van der Waals surface area contributed by atoms with Crippen LogP contribution in [0.15, 0.2) is 29.6 Å². The van der Waals surface area contributed by atoms with Gasteiger partial charge in [0.1, 0.15) is 16.5 Å². The topological polar surface area (TPSA) is 62.2 Å². The summed E-state index contributed by atoms with van der Waals surface area (Å²) in [5, 5.41) is 15.5. The highest BCUT2D eigenvalue weighted by atomic mass is 32.1. The minimum absolute atomic E-state index is 0.0961. The fourth-order valence-corrected chi connectivity index (χ4v) is 3.15. The lowest BCUT2D eigenvalue weighted by molar-refractivity contribution is 0.103. The number of hydrogen-bond donors (Lipinski definition) is 2. The van der Waals surface area contributed by atoms with Crippen LogP contribution < -0.4 is 5.32 Å². The molecule has 2 N–H and O–H groups in total. The highest BCUT2D eigenvalue weighted by Gasteiger charge is 2.21. The molecule has 0 saturated carbocycles. The quantitative estimate of drug-likeness (QED) is 0.844. The number of phenolic OH excluding ortho intramolecular Hbond substituents is 1. The van der Waals surface area contributed by atoms with E-state index in [-0.39, 0.29) is 17.6 Å². The molecule has 0 radical (unpaired) electrons. The standard InChI is InChI=1S/C14H14N2O2S/c17-10-4-1-3-9(7-10)13(18)12-8-19-14(16-12)11-5-2-6-15-11/h1,3-4,7-8,11,15,17H,2,5-6H2/t11-/m0/s1. The summed E-state index contributed by atoms with van der Waals surface area (Å²) in [6, 6.07) is 6.65. The second-order valence-corrected chi connectivity index (χ2v) is 5.49. The van der Waals surface area contributed by atoms with Gasteiger partial charge in [0.15, 0.2) is 0 Å². The Morgan fingerprint density at radius 3 is 3.11 bits per heavy atom. The van der Waals surface area contributed by atoms with E-state index in [2.05, 4.69) is 10.3 Å². The van der Waals surface area contributed by atoms with Gasteiger partial charge in [-0.1, -0.05) is 12.1 Å². The zero-order chi connectivity index (χ0) is 13.2. The van der Waals surface area contributed by atoms with Crippen molar-refractivity contribution in [2.24, 2.45) is 0 Å². The summed E-state index contributed by atoms with van der Waals surface area (Å²) in [5.74, 6) is -0.0461. The molecule has 19 heavy (non-hydrogen) atoms. The van der Waals surface area contributed by atoms with Gasteiger partial charge in [-0.05, 0) is 31.5 Å². The number of carbonyl (C=O) groups is 1. The van der Waals surface area contributed by atoms with E-state index in [1.165, 1.54) is 17.4 Å². The molecule has 1 atom stereocenters. The highest BCUT2D eigenvalue weighted by molar-refractivity contribution is 7.10. The first-order chi connectivity index (χ1) is 9.24. The van der Waals surface area contributed by atoms with E-state index in [1.54, 1.807) is 23.6 Å². The predicted octanol–water partition coefficient (Wildman–Crippen LogP) is 2.50. The molecule has 0 amide bonds. The summed E-state index contributed by atoms with van der Waals surface area (Å²) in [7, 11) is 0. The van der Waals surface area contributed by atoms with Gasteiger partial charge in [-0.2, -0.15) is 0 Å². The molecule has 0 aliphatic carbocycles. The Hall–Kier alpha value is -1.72. The molecule has 98 valence electrons. The van der Waals surface area contributed by atoms with E-state index < -0.39 is 0 Å². The molecule has 0 spiro atoms. The lowest BCUT2D eigenvalue weighted by Gasteiger charge is -2.04. The van der Waals surface area contributed by atoms with E-state index in [0.717, 1.165) is 24.4 Å². The molecule has 4 nitrogen and oxygen atoms in total. The van der Waals surface area contributed by atoms with Gasteiger partial charge in [-0.3, -0.25) is 4.79 Å². The van der Waals surface area contributed by atoms with Crippen LogP contribution in [0.5, 0.6) is 5.75 Å². The third-order valence-corrected chi connectivity index (χ3v) is 4.18. The zero-order valence-corrected chi connectivity index (χ0v) is 11.1. The summed E-state index contributed by atoms with van der Waals surface area (Å²) in [5.41, 5.74) is 0.926. The molecule has 5 heteroatoms. The first-order valence-electron chi connectivity index (χ1n) is 6.26. The molecule has 1 aliphatic rings. The average Bonchev–Trinajstić information content (AvgIpc) is 3.08. The Balaban J connectivity index is 1.84. The summed E-state index contributed by atoms with van der Waals surface area (Å²) in [4.78, 5) is 16.7.